The Kier molecular flexibility index (Phi) is 4.04. The van der Waals surface area contributed by atoms with Crippen molar-refractivity contribution in [2.45, 2.75) is 51.0 Å². The molecule has 1 heterocycles. The number of piperidine rings is 1. The molecule has 92 valence electrons. The van der Waals surface area contributed by atoms with E-state index in [4.69, 9.17) is 10.9 Å². The van der Waals surface area contributed by atoms with Crippen LogP contribution in [0.4, 0.5) is 0 Å². The van der Waals surface area contributed by atoms with Crippen LogP contribution in [-0.2, 0) is 0 Å². The van der Waals surface area contributed by atoms with Crippen LogP contribution < -0.4 is 5.73 Å². The average Bonchev–Trinajstić information content (AvgIpc) is 2.35. The minimum atomic E-state index is 0.359. The van der Waals surface area contributed by atoms with Gasteiger partial charge in [0.1, 0.15) is 5.84 Å². The van der Waals surface area contributed by atoms with Gasteiger partial charge < -0.3 is 10.9 Å². The topological polar surface area (TPSA) is 61.8 Å². The van der Waals surface area contributed by atoms with Crippen molar-refractivity contribution >= 4 is 5.84 Å². The van der Waals surface area contributed by atoms with Crippen molar-refractivity contribution in [1.82, 2.24) is 4.90 Å². The Morgan fingerprint density at radius 3 is 2.81 bits per heavy atom. The van der Waals surface area contributed by atoms with Crippen LogP contribution in [0.5, 0.6) is 0 Å². The summed E-state index contributed by atoms with van der Waals surface area (Å²) in [7, 11) is 0. The quantitative estimate of drug-likeness (QED) is 0.333. The molecule has 4 nitrogen and oxygen atoms in total. The number of likely N-dealkylation sites (tertiary alicyclic amines) is 1. The number of amidine groups is 1. The summed E-state index contributed by atoms with van der Waals surface area (Å²) in [5, 5.41) is 11.6. The van der Waals surface area contributed by atoms with Crippen molar-refractivity contribution in [3.8, 4) is 0 Å². The van der Waals surface area contributed by atoms with Crippen molar-refractivity contribution in [3.05, 3.63) is 0 Å². The van der Waals surface area contributed by atoms with Crippen LogP contribution in [0.25, 0.3) is 0 Å². The lowest BCUT2D eigenvalue weighted by molar-refractivity contribution is 0.0632. The fourth-order valence-corrected chi connectivity index (χ4v) is 3.31. The largest absolute Gasteiger partial charge is 0.409 e. The second-order valence-electron chi connectivity index (χ2n) is 5.13. The molecule has 0 unspecified atom stereocenters. The van der Waals surface area contributed by atoms with Gasteiger partial charge in [-0.25, -0.2) is 0 Å². The van der Waals surface area contributed by atoms with Crippen LogP contribution in [0.3, 0.4) is 0 Å². The first-order valence-corrected chi connectivity index (χ1v) is 6.51. The fraction of sp³-hybridized carbons (Fsp3) is 0.917. The van der Waals surface area contributed by atoms with Gasteiger partial charge in [0.25, 0.3) is 0 Å². The van der Waals surface area contributed by atoms with E-state index in [0.29, 0.717) is 12.3 Å². The van der Waals surface area contributed by atoms with Crippen LogP contribution in [0.1, 0.15) is 44.9 Å². The third-order valence-electron chi connectivity index (χ3n) is 4.14. The molecule has 16 heavy (non-hydrogen) atoms. The average molecular weight is 225 g/mol. The van der Waals surface area contributed by atoms with Gasteiger partial charge in [-0.3, -0.25) is 4.90 Å². The molecular formula is C12H23N3O. The first kappa shape index (κ1) is 11.7. The number of oxime groups is 1. The van der Waals surface area contributed by atoms with E-state index in [2.05, 4.69) is 10.1 Å². The number of nitrogens with two attached hydrogens (primary N) is 1. The predicted octanol–water partition coefficient (Wildman–Crippen LogP) is 1.78. The molecule has 0 spiro atoms. The van der Waals surface area contributed by atoms with Gasteiger partial charge in [-0.15, -0.1) is 0 Å². The first-order chi connectivity index (χ1) is 7.81. The van der Waals surface area contributed by atoms with E-state index < -0.39 is 0 Å². The molecule has 0 aromatic carbocycles. The Bertz CT molecular complexity index is 253. The highest BCUT2D eigenvalue weighted by atomic mass is 16.4. The minimum Gasteiger partial charge on any atom is -0.409 e. The third-order valence-corrected chi connectivity index (χ3v) is 4.14. The van der Waals surface area contributed by atoms with E-state index >= 15 is 0 Å². The van der Waals surface area contributed by atoms with Crippen molar-refractivity contribution < 1.29 is 5.21 Å². The molecule has 0 bridgehead atoms. The molecule has 3 N–H and O–H groups in total. The third kappa shape index (κ3) is 2.67. The van der Waals surface area contributed by atoms with Crippen molar-refractivity contribution in [2.75, 3.05) is 13.1 Å². The molecule has 4 heteroatoms. The van der Waals surface area contributed by atoms with Crippen molar-refractivity contribution in [1.29, 1.82) is 0 Å². The van der Waals surface area contributed by atoms with Gasteiger partial charge in [0, 0.05) is 19.0 Å². The minimum absolute atomic E-state index is 0.359. The van der Waals surface area contributed by atoms with E-state index in [-0.39, 0.29) is 0 Å². The maximum Gasteiger partial charge on any atom is 0.140 e. The molecular weight excluding hydrogens is 202 g/mol. The number of hydrogen-bond donors (Lipinski definition) is 2. The zero-order chi connectivity index (χ0) is 11.4. The second-order valence-corrected chi connectivity index (χ2v) is 5.13. The van der Waals surface area contributed by atoms with E-state index in [1.54, 1.807) is 0 Å². The van der Waals surface area contributed by atoms with Gasteiger partial charge in [-0.1, -0.05) is 18.0 Å². The lowest BCUT2D eigenvalue weighted by atomic mass is 9.78. The summed E-state index contributed by atoms with van der Waals surface area (Å²) in [4.78, 5) is 2.56. The lowest BCUT2D eigenvalue weighted by Crippen LogP contribution is -2.47. The van der Waals surface area contributed by atoms with Crippen LogP contribution in [-0.4, -0.2) is 35.1 Å². The Morgan fingerprint density at radius 1 is 1.25 bits per heavy atom. The second kappa shape index (κ2) is 5.53. The lowest BCUT2D eigenvalue weighted by Gasteiger charge is -2.44. The molecule has 2 rings (SSSR count). The van der Waals surface area contributed by atoms with Gasteiger partial charge in [0.05, 0.1) is 0 Å². The molecule has 1 aliphatic carbocycles. The van der Waals surface area contributed by atoms with Gasteiger partial charge in [-0.2, -0.15) is 0 Å². The highest BCUT2D eigenvalue weighted by Gasteiger charge is 2.32. The van der Waals surface area contributed by atoms with Crippen molar-refractivity contribution in [2.24, 2.45) is 16.8 Å². The van der Waals surface area contributed by atoms with Crippen LogP contribution in [0.15, 0.2) is 5.16 Å². The summed E-state index contributed by atoms with van der Waals surface area (Å²) in [5.74, 6) is 1.27. The Balaban J connectivity index is 1.87. The van der Waals surface area contributed by atoms with Gasteiger partial charge in [0.15, 0.2) is 0 Å². The first-order valence-electron chi connectivity index (χ1n) is 6.51. The van der Waals surface area contributed by atoms with Crippen LogP contribution in [0, 0.1) is 5.92 Å². The number of rotatable bonds is 3. The molecule has 0 aromatic heterocycles. The molecule has 1 saturated carbocycles. The van der Waals surface area contributed by atoms with E-state index in [9.17, 15) is 0 Å². The molecule has 0 aromatic rings. The van der Waals surface area contributed by atoms with E-state index in [1.807, 2.05) is 0 Å². The highest BCUT2D eigenvalue weighted by molar-refractivity contribution is 5.79. The number of hydrogen-bond acceptors (Lipinski definition) is 3. The number of nitrogens with zero attached hydrogens (tertiary/aromatic N) is 2. The smallest absolute Gasteiger partial charge is 0.140 e. The molecule has 1 saturated heterocycles. The Labute approximate surface area is 97.5 Å². The normalized spacial score (nSPS) is 32.4. The van der Waals surface area contributed by atoms with Crippen LogP contribution in [0.2, 0.25) is 0 Å². The fourth-order valence-electron chi connectivity index (χ4n) is 3.31. The summed E-state index contributed by atoms with van der Waals surface area (Å²) in [6.45, 7) is 2.15. The predicted molar refractivity (Wildman–Crippen MR) is 64.6 cm³/mol. The van der Waals surface area contributed by atoms with E-state index in [1.165, 1.54) is 45.1 Å². The molecule has 1 aliphatic heterocycles. The molecule has 0 radical (unpaired) electrons. The molecule has 0 amide bonds. The summed E-state index contributed by atoms with van der Waals surface area (Å²) < 4.78 is 0. The van der Waals surface area contributed by atoms with Crippen molar-refractivity contribution in [3.63, 3.8) is 0 Å². The number of fused-ring (bicyclic) bond motifs is 1. The molecule has 2 aliphatic rings. The van der Waals surface area contributed by atoms with Crippen LogP contribution >= 0.6 is 0 Å². The summed E-state index contributed by atoms with van der Waals surface area (Å²) in [6, 6.07) is 0.772. The van der Waals surface area contributed by atoms with Gasteiger partial charge >= 0.3 is 0 Å². The van der Waals surface area contributed by atoms with Gasteiger partial charge in [-0.05, 0) is 38.1 Å². The van der Waals surface area contributed by atoms with Gasteiger partial charge in [0.2, 0.25) is 0 Å². The standard InChI is InChI=1S/C12H23N3O/c13-12(14-16)7-9-15-8-3-5-10-4-1-2-6-11(10)15/h10-11,16H,1-9H2,(H2,13,14)/t10-,11-/m1/s1. The summed E-state index contributed by atoms with van der Waals surface area (Å²) >= 11 is 0. The highest BCUT2D eigenvalue weighted by Crippen LogP contribution is 2.35. The van der Waals surface area contributed by atoms with E-state index in [0.717, 1.165) is 18.5 Å². The molecule has 2 atom stereocenters. The maximum atomic E-state index is 8.54. The SMILES string of the molecule is NC(CCN1CCC[C@H]2CCCC[C@H]21)=NO. The monoisotopic (exact) mass is 225 g/mol. The molecule has 2 fully saturated rings. The Hall–Kier alpha value is -0.770. The summed E-state index contributed by atoms with van der Waals surface area (Å²) in [5.41, 5.74) is 5.53. The Morgan fingerprint density at radius 2 is 2.00 bits per heavy atom. The maximum absolute atomic E-state index is 8.54. The zero-order valence-corrected chi connectivity index (χ0v) is 9.94. The zero-order valence-electron chi connectivity index (χ0n) is 9.94. The summed E-state index contributed by atoms with van der Waals surface area (Å²) in [6.07, 6.45) is 8.96.